The lowest BCUT2D eigenvalue weighted by atomic mass is 9.90. The first-order chi connectivity index (χ1) is 23.9. The van der Waals surface area contributed by atoms with Gasteiger partial charge in [-0.3, -0.25) is 14.5 Å². The van der Waals surface area contributed by atoms with Crippen molar-refractivity contribution >= 4 is 69.1 Å². The third-order valence-corrected chi connectivity index (χ3v) is 9.88. The molecule has 7 N–H and O–H groups in total. The second-order valence-corrected chi connectivity index (χ2v) is 12.9. The highest BCUT2D eigenvalue weighted by Crippen LogP contribution is 2.42. The van der Waals surface area contributed by atoms with Crippen LogP contribution < -0.4 is 15.6 Å². The number of aromatic hydroxyl groups is 2. The lowest BCUT2D eigenvalue weighted by Crippen LogP contribution is -2.70. The van der Waals surface area contributed by atoms with Gasteiger partial charge in [-0.05, 0) is 35.9 Å². The molecule has 18 heteroatoms. The number of amides is 2. The molecule has 50 heavy (non-hydrogen) atoms. The van der Waals surface area contributed by atoms with Crippen LogP contribution in [0.4, 0.5) is 9.52 Å². The molecule has 2 amide bonds. The van der Waals surface area contributed by atoms with E-state index in [-0.39, 0.29) is 22.3 Å². The SMILES string of the molecule is Nc1nc(C(ON=CC(=O)N[C@H]2C(=O)N3C(C(=O)O)=C(C=CC[n+]4cccc5ccccc54)CS[C@@H]23)(C(=O)O)c2cc(O)c(O)c(F)c2)cs1. The predicted octanol–water partition coefficient (Wildman–Crippen LogP) is 2.04. The van der Waals surface area contributed by atoms with Crippen LogP contribution in [0.15, 0.2) is 88.7 Å². The summed E-state index contributed by atoms with van der Waals surface area (Å²) < 4.78 is 16.4. The van der Waals surface area contributed by atoms with E-state index in [0.29, 0.717) is 24.4 Å². The predicted molar refractivity (Wildman–Crippen MR) is 177 cm³/mol. The largest absolute Gasteiger partial charge is 0.504 e. The van der Waals surface area contributed by atoms with Gasteiger partial charge in [0.2, 0.25) is 5.52 Å². The number of aromatic nitrogens is 2. The first-order valence-corrected chi connectivity index (χ1v) is 16.5. The number of halogens is 1. The number of β-lactam (4-membered cyclic amide) rings is 1. The molecule has 15 nitrogen and oxygen atoms in total. The van der Waals surface area contributed by atoms with Crippen LogP contribution in [0.3, 0.4) is 0 Å². The number of anilines is 1. The average Bonchev–Trinajstić information content (AvgIpc) is 3.53. The number of carbonyl (C=O) groups excluding carboxylic acids is 2. The van der Waals surface area contributed by atoms with E-state index in [9.17, 15) is 44.0 Å². The van der Waals surface area contributed by atoms with Crippen molar-refractivity contribution in [2.75, 3.05) is 11.5 Å². The van der Waals surface area contributed by atoms with Gasteiger partial charge in [0.15, 0.2) is 35.2 Å². The van der Waals surface area contributed by atoms with Crippen LogP contribution >= 0.6 is 23.1 Å². The second-order valence-electron chi connectivity index (χ2n) is 10.9. The number of pyridine rings is 1. The number of phenols is 2. The number of hydrogen-bond donors (Lipinski definition) is 6. The minimum atomic E-state index is -2.74. The van der Waals surface area contributed by atoms with Crippen molar-refractivity contribution in [2.45, 2.75) is 23.6 Å². The van der Waals surface area contributed by atoms with E-state index >= 15 is 0 Å². The molecule has 0 spiro atoms. The summed E-state index contributed by atoms with van der Waals surface area (Å²) in [7, 11) is 0. The van der Waals surface area contributed by atoms with Gasteiger partial charge in [0.05, 0.1) is 0 Å². The molecule has 2 aliphatic heterocycles. The molecule has 4 aromatic rings. The Morgan fingerprint density at radius 1 is 1.20 bits per heavy atom. The van der Waals surface area contributed by atoms with Gasteiger partial charge < -0.3 is 36.3 Å². The average molecular weight is 722 g/mol. The molecule has 1 saturated heterocycles. The maximum Gasteiger partial charge on any atom is 0.362 e. The normalized spacial score (nSPS) is 18.6. The van der Waals surface area contributed by atoms with E-state index in [1.165, 1.54) is 17.1 Å². The van der Waals surface area contributed by atoms with Crippen LogP contribution in [0.1, 0.15) is 11.3 Å². The number of nitrogens with one attached hydrogen (secondary N) is 1. The summed E-state index contributed by atoms with van der Waals surface area (Å²) in [5.41, 5.74) is 3.19. The van der Waals surface area contributed by atoms with Gasteiger partial charge in [-0.2, -0.15) is 4.57 Å². The standard InChI is InChI=1S/C32H25FN6O9S2/c33-19-11-18(12-21(40)26(19)42)32(30(46)47,22-15-50-31(34)36-22)48-35-13-23(41)37-24-27(43)39-25(29(44)45)17(14-49-28(24)39)7-4-10-38-9-3-6-16-5-1-2-8-20(16)38/h1-9,11-13,15,24,28H,10,14H2,(H6-,34,35,36,37,40,41,42,44,45,46,47)/p+1/t24-,28-,32?/m0/s1. The molecule has 1 fully saturated rings. The van der Waals surface area contributed by atoms with Crippen LogP contribution in [0.25, 0.3) is 10.9 Å². The number of carboxylic acids is 2. The Kier molecular flexibility index (Phi) is 9.13. The summed E-state index contributed by atoms with van der Waals surface area (Å²) in [5, 5.41) is 47.1. The molecule has 0 radical (unpaired) electrons. The highest BCUT2D eigenvalue weighted by molar-refractivity contribution is 8.00. The molecule has 6 rings (SSSR count). The number of nitrogen functional groups attached to an aromatic ring is 1. The number of hydrogen-bond acceptors (Lipinski definition) is 12. The van der Waals surface area contributed by atoms with Gasteiger partial charge in [-0.25, -0.2) is 19.0 Å². The van der Waals surface area contributed by atoms with Gasteiger partial charge in [-0.1, -0.05) is 23.4 Å². The van der Waals surface area contributed by atoms with Crippen molar-refractivity contribution in [2.24, 2.45) is 5.16 Å². The fourth-order valence-electron chi connectivity index (χ4n) is 5.56. The number of fused-ring (bicyclic) bond motifs is 2. The third-order valence-electron chi connectivity index (χ3n) is 7.90. The minimum Gasteiger partial charge on any atom is -0.504 e. The van der Waals surface area contributed by atoms with Crippen molar-refractivity contribution in [1.82, 2.24) is 15.2 Å². The van der Waals surface area contributed by atoms with E-state index in [4.69, 9.17) is 10.6 Å². The number of benzene rings is 2. The molecule has 4 heterocycles. The zero-order chi connectivity index (χ0) is 35.7. The smallest absolute Gasteiger partial charge is 0.362 e. The zero-order valence-corrected chi connectivity index (χ0v) is 27.1. The molecule has 2 aromatic heterocycles. The molecule has 256 valence electrons. The fourth-order valence-corrected chi connectivity index (χ4v) is 7.48. The Bertz CT molecular complexity index is 2130. The monoisotopic (exact) mass is 721 g/mol. The van der Waals surface area contributed by atoms with Crippen molar-refractivity contribution in [3.05, 3.63) is 101 Å². The van der Waals surface area contributed by atoms with Gasteiger partial charge in [0, 0.05) is 34.2 Å². The van der Waals surface area contributed by atoms with E-state index in [1.54, 1.807) is 12.2 Å². The second kappa shape index (κ2) is 13.5. The number of nitrogens with zero attached hydrogens (tertiary/aromatic N) is 4. The molecule has 1 unspecified atom stereocenters. The molecular weight excluding hydrogens is 696 g/mol. The van der Waals surface area contributed by atoms with E-state index < -0.39 is 63.6 Å². The molecule has 3 atom stereocenters. The lowest BCUT2D eigenvalue weighted by Gasteiger charge is -2.49. The van der Waals surface area contributed by atoms with Crippen molar-refractivity contribution < 1.29 is 53.4 Å². The Morgan fingerprint density at radius 2 is 1.96 bits per heavy atom. The number of carboxylic acid groups (broad SMARTS) is 2. The number of carbonyl (C=O) groups is 4. The topological polar surface area (TPSA) is 229 Å². The van der Waals surface area contributed by atoms with Gasteiger partial charge in [-0.15, -0.1) is 23.1 Å². The maximum absolute atomic E-state index is 14.4. The number of para-hydroxylation sites is 1. The highest BCUT2D eigenvalue weighted by Gasteiger charge is 2.54. The number of nitrogens with two attached hydrogens (primary N) is 1. The van der Waals surface area contributed by atoms with Gasteiger partial charge >= 0.3 is 17.5 Å². The molecule has 2 aliphatic rings. The fraction of sp³-hybridized carbons (Fsp3) is 0.156. The Labute approximate surface area is 289 Å². The number of allylic oxidation sites excluding steroid dienone is 2. The third kappa shape index (κ3) is 6.05. The number of oxime groups is 1. The van der Waals surface area contributed by atoms with Crippen molar-refractivity contribution in [1.29, 1.82) is 0 Å². The highest BCUT2D eigenvalue weighted by atomic mass is 32.2. The molecule has 0 saturated carbocycles. The summed E-state index contributed by atoms with van der Waals surface area (Å²) in [6, 6.07) is 11.9. The van der Waals surface area contributed by atoms with E-state index in [1.807, 2.05) is 47.2 Å². The lowest BCUT2D eigenvalue weighted by molar-refractivity contribution is -0.661. The number of thiazole rings is 1. The van der Waals surface area contributed by atoms with E-state index in [0.717, 1.165) is 33.2 Å². The summed E-state index contributed by atoms with van der Waals surface area (Å²) in [5.74, 6) is -8.10. The zero-order valence-electron chi connectivity index (χ0n) is 25.5. The summed E-state index contributed by atoms with van der Waals surface area (Å²) in [6.45, 7) is 0.446. The number of phenolic OH excluding ortho intramolecular Hbond substituents is 2. The van der Waals surface area contributed by atoms with Crippen LogP contribution in [0.2, 0.25) is 0 Å². The molecule has 0 aliphatic carbocycles. The first-order valence-electron chi connectivity index (χ1n) is 14.6. The maximum atomic E-state index is 14.4. The van der Waals surface area contributed by atoms with Crippen LogP contribution in [-0.2, 0) is 36.2 Å². The number of aliphatic carboxylic acids is 2. The van der Waals surface area contributed by atoms with Crippen LogP contribution in [0.5, 0.6) is 11.5 Å². The summed E-state index contributed by atoms with van der Waals surface area (Å²) in [4.78, 5) is 61.1. The summed E-state index contributed by atoms with van der Waals surface area (Å²) in [6.07, 6.45) is 5.89. The van der Waals surface area contributed by atoms with Gasteiger partial charge in [0.25, 0.3) is 11.8 Å². The first kappa shape index (κ1) is 33.9. The molecular formula is C32H26FN6O9S2+. The van der Waals surface area contributed by atoms with Crippen molar-refractivity contribution in [3.8, 4) is 11.5 Å². The van der Waals surface area contributed by atoms with Crippen LogP contribution in [-0.4, -0.2) is 77.4 Å². The number of thioether (sulfide) groups is 1. The van der Waals surface area contributed by atoms with Crippen molar-refractivity contribution in [3.63, 3.8) is 0 Å². The van der Waals surface area contributed by atoms with Gasteiger partial charge in [0.1, 0.15) is 29.0 Å². The molecule has 0 bridgehead atoms. The van der Waals surface area contributed by atoms with Crippen LogP contribution in [0, 0.1) is 5.82 Å². The Hall–Kier alpha value is -6.01. The summed E-state index contributed by atoms with van der Waals surface area (Å²) >= 11 is 2.06. The number of rotatable bonds is 11. The quantitative estimate of drug-likeness (QED) is 0.0430. The Balaban J connectivity index is 1.17. The van der Waals surface area contributed by atoms with E-state index in [2.05, 4.69) is 15.5 Å². The minimum absolute atomic E-state index is 0.0883. The Morgan fingerprint density at radius 3 is 2.66 bits per heavy atom. The molecule has 2 aromatic carbocycles.